The standard InChI is InChI=1S/C14H10F3N5O3/c1-7-19-10(24-21-7)6-18-12(23)9-4-2-8(3-5-9)11-20-13(25-22-11)14(15,16)17/h2-5H,6H2,1H3,(H,18,23). The van der Waals surface area contributed by atoms with Gasteiger partial charge in [0.1, 0.15) is 0 Å². The molecule has 2 heterocycles. The Morgan fingerprint density at radius 1 is 1.12 bits per heavy atom. The van der Waals surface area contributed by atoms with Gasteiger partial charge < -0.3 is 14.4 Å². The maximum atomic E-state index is 12.4. The van der Waals surface area contributed by atoms with Crippen LogP contribution in [0.5, 0.6) is 0 Å². The predicted molar refractivity (Wildman–Crippen MR) is 74.9 cm³/mol. The fourth-order valence-corrected chi connectivity index (χ4v) is 1.90. The lowest BCUT2D eigenvalue weighted by Gasteiger charge is -2.03. The molecule has 0 atom stereocenters. The fourth-order valence-electron chi connectivity index (χ4n) is 1.90. The minimum absolute atomic E-state index is 0.0568. The smallest absolute Gasteiger partial charge is 0.343 e. The van der Waals surface area contributed by atoms with Crippen molar-refractivity contribution in [3.63, 3.8) is 0 Å². The molecule has 25 heavy (non-hydrogen) atoms. The van der Waals surface area contributed by atoms with Crippen LogP contribution in [0.1, 0.15) is 28.0 Å². The summed E-state index contributed by atoms with van der Waals surface area (Å²) in [6.45, 7) is 1.71. The summed E-state index contributed by atoms with van der Waals surface area (Å²) in [6, 6.07) is 5.67. The first-order chi connectivity index (χ1) is 11.8. The maximum absolute atomic E-state index is 12.4. The van der Waals surface area contributed by atoms with Crippen LogP contribution in [-0.4, -0.2) is 26.2 Å². The molecular weight excluding hydrogens is 343 g/mol. The summed E-state index contributed by atoms with van der Waals surface area (Å²) in [5.74, 6) is -1.35. The number of carbonyl (C=O) groups excluding carboxylic acids is 1. The highest BCUT2D eigenvalue weighted by atomic mass is 19.4. The lowest BCUT2D eigenvalue weighted by atomic mass is 10.1. The van der Waals surface area contributed by atoms with Crippen molar-refractivity contribution in [2.75, 3.05) is 0 Å². The van der Waals surface area contributed by atoms with Crippen LogP contribution in [0.3, 0.4) is 0 Å². The summed E-state index contributed by atoms with van der Waals surface area (Å²) in [7, 11) is 0. The average Bonchev–Trinajstić information content (AvgIpc) is 3.21. The second kappa shape index (κ2) is 6.34. The van der Waals surface area contributed by atoms with Gasteiger partial charge in [0.05, 0.1) is 6.54 Å². The van der Waals surface area contributed by atoms with Crippen molar-refractivity contribution in [3.05, 3.63) is 47.4 Å². The number of nitrogens with one attached hydrogen (secondary N) is 1. The number of alkyl halides is 3. The van der Waals surface area contributed by atoms with Gasteiger partial charge >= 0.3 is 12.1 Å². The SMILES string of the molecule is Cc1noc(CNC(=O)c2ccc(-c3noc(C(F)(F)F)n3)cc2)n1. The molecule has 2 aromatic heterocycles. The van der Waals surface area contributed by atoms with E-state index in [4.69, 9.17) is 4.52 Å². The molecule has 0 bridgehead atoms. The van der Waals surface area contributed by atoms with Gasteiger partial charge in [-0.3, -0.25) is 4.79 Å². The van der Waals surface area contributed by atoms with Gasteiger partial charge in [-0.2, -0.15) is 23.1 Å². The van der Waals surface area contributed by atoms with Crippen LogP contribution in [0.2, 0.25) is 0 Å². The first kappa shape index (κ1) is 16.6. The number of carbonyl (C=O) groups is 1. The summed E-state index contributed by atoms with van der Waals surface area (Å²) in [6.07, 6.45) is -4.71. The monoisotopic (exact) mass is 353 g/mol. The third kappa shape index (κ3) is 3.82. The van der Waals surface area contributed by atoms with Crippen LogP contribution in [0.15, 0.2) is 33.3 Å². The molecule has 0 saturated carbocycles. The van der Waals surface area contributed by atoms with Crippen LogP contribution >= 0.6 is 0 Å². The van der Waals surface area contributed by atoms with Crippen LogP contribution in [0.25, 0.3) is 11.4 Å². The topological polar surface area (TPSA) is 107 Å². The van der Waals surface area contributed by atoms with E-state index < -0.39 is 18.0 Å². The van der Waals surface area contributed by atoms with Gasteiger partial charge in [0, 0.05) is 11.1 Å². The molecule has 8 nitrogen and oxygen atoms in total. The van der Waals surface area contributed by atoms with Gasteiger partial charge in [0.25, 0.3) is 5.91 Å². The number of nitrogens with zero attached hydrogens (tertiary/aromatic N) is 4. The highest BCUT2D eigenvalue weighted by Gasteiger charge is 2.38. The van der Waals surface area contributed by atoms with Crippen molar-refractivity contribution in [1.82, 2.24) is 25.6 Å². The molecule has 0 unspecified atom stereocenters. The molecule has 0 aliphatic rings. The zero-order chi connectivity index (χ0) is 18.0. The molecule has 3 aromatic rings. The van der Waals surface area contributed by atoms with Crippen molar-refractivity contribution in [1.29, 1.82) is 0 Å². The Balaban J connectivity index is 1.67. The molecule has 130 valence electrons. The molecule has 0 spiro atoms. The lowest BCUT2D eigenvalue weighted by Crippen LogP contribution is -2.22. The molecule has 3 rings (SSSR count). The van der Waals surface area contributed by atoms with Crippen LogP contribution < -0.4 is 5.32 Å². The molecule has 1 aromatic carbocycles. The Labute approximate surface area is 138 Å². The summed E-state index contributed by atoms with van der Waals surface area (Å²) < 4.78 is 46.4. The number of aromatic nitrogens is 4. The van der Waals surface area contributed by atoms with E-state index in [2.05, 4.69) is 30.1 Å². The molecule has 0 radical (unpaired) electrons. The predicted octanol–water partition coefficient (Wildman–Crippen LogP) is 2.38. The first-order valence-corrected chi connectivity index (χ1v) is 6.91. The summed E-state index contributed by atoms with van der Waals surface area (Å²) in [4.78, 5) is 19.2. The number of halogens is 3. The molecular formula is C14H10F3N5O3. The number of aryl methyl sites for hydroxylation is 1. The lowest BCUT2D eigenvalue weighted by molar-refractivity contribution is -0.159. The molecule has 0 fully saturated rings. The van der Waals surface area contributed by atoms with E-state index in [-0.39, 0.29) is 23.8 Å². The highest BCUT2D eigenvalue weighted by Crippen LogP contribution is 2.29. The van der Waals surface area contributed by atoms with Crippen molar-refractivity contribution < 1.29 is 27.0 Å². The first-order valence-electron chi connectivity index (χ1n) is 6.91. The Hall–Kier alpha value is -3.24. The van der Waals surface area contributed by atoms with E-state index in [1.165, 1.54) is 24.3 Å². The van der Waals surface area contributed by atoms with Gasteiger partial charge in [-0.25, -0.2) is 0 Å². The molecule has 0 aliphatic carbocycles. The van der Waals surface area contributed by atoms with E-state index in [9.17, 15) is 18.0 Å². The highest BCUT2D eigenvalue weighted by molar-refractivity contribution is 5.94. The Kier molecular flexibility index (Phi) is 4.21. The summed E-state index contributed by atoms with van der Waals surface area (Å²) >= 11 is 0. The normalized spacial score (nSPS) is 11.5. The van der Waals surface area contributed by atoms with Gasteiger partial charge in [-0.1, -0.05) is 22.4 Å². The number of hydrogen-bond donors (Lipinski definition) is 1. The van der Waals surface area contributed by atoms with E-state index in [1.54, 1.807) is 6.92 Å². The zero-order valence-corrected chi connectivity index (χ0v) is 12.7. The van der Waals surface area contributed by atoms with Crippen molar-refractivity contribution >= 4 is 5.91 Å². The number of hydrogen-bond acceptors (Lipinski definition) is 7. The zero-order valence-electron chi connectivity index (χ0n) is 12.7. The second-order valence-corrected chi connectivity index (χ2v) is 4.92. The average molecular weight is 353 g/mol. The van der Waals surface area contributed by atoms with Crippen LogP contribution in [-0.2, 0) is 12.7 Å². The third-order valence-electron chi connectivity index (χ3n) is 3.04. The quantitative estimate of drug-likeness (QED) is 0.767. The van der Waals surface area contributed by atoms with Gasteiger partial charge in [-0.15, -0.1) is 0 Å². The Morgan fingerprint density at radius 2 is 1.84 bits per heavy atom. The Morgan fingerprint density at radius 3 is 2.40 bits per heavy atom. The van der Waals surface area contributed by atoms with Gasteiger partial charge in [0.15, 0.2) is 5.82 Å². The second-order valence-electron chi connectivity index (χ2n) is 4.92. The minimum atomic E-state index is -4.71. The maximum Gasteiger partial charge on any atom is 0.471 e. The number of benzene rings is 1. The minimum Gasteiger partial charge on any atom is -0.343 e. The molecule has 1 amide bonds. The third-order valence-corrected chi connectivity index (χ3v) is 3.04. The van der Waals surface area contributed by atoms with Crippen LogP contribution in [0, 0.1) is 6.92 Å². The molecule has 1 N–H and O–H groups in total. The Bertz CT molecular complexity index is 886. The molecule has 0 aliphatic heterocycles. The van der Waals surface area contributed by atoms with Gasteiger partial charge in [0.2, 0.25) is 11.7 Å². The van der Waals surface area contributed by atoms with E-state index in [0.717, 1.165) is 0 Å². The van der Waals surface area contributed by atoms with E-state index >= 15 is 0 Å². The van der Waals surface area contributed by atoms with Crippen LogP contribution in [0.4, 0.5) is 13.2 Å². The van der Waals surface area contributed by atoms with E-state index in [1.807, 2.05) is 0 Å². The van der Waals surface area contributed by atoms with Crippen molar-refractivity contribution in [3.8, 4) is 11.4 Å². The number of rotatable bonds is 4. The molecule has 0 saturated heterocycles. The molecule has 11 heteroatoms. The van der Waals surface area contributed by atoms with Gasteiger partial charge in [-0.05, 0) is 19.1 Å². The fraction of sp³-hybridized carbons (Fsp3) is 0.214. The van der Waals surface area contributed by atoms with Crippen molar-refractivity contribution in [2.45, 2.75) is 19.6 Å². The number of amides is 1. The summed E-state index contributed by atoms with van der Waals surface area (Å²) in [5, 5.41) is 9.44. The summed E-state index contributed by atoms with van der Waals surface area (Å²) in [5.41, 5.74) is 0.572. The largest absolute Gasteiger partial charge is 0.471 e. The van der Waals surface area contributed by atoms with E-state index in [0.29, 0.717) is 11.4 Å². The van der Waals surface area contributed by atoms with Crippen molar-refractivity contribution in [2.24, 2.45) is 0 Å².